The van der Waals surface area contributed by atoms with E-state index >= 15 is 0 Å². The molecule has 0 spiro atoms. The maximum atomic E-state index is 10.4. The van der Waals surface area contributed by atoms with E-state index in [-0.39, 0.29) is 0 Å². The molecule has 0 saturated carbocycles. The van der Waals surface area contributed by atoms with Gasteiger partial charge >= 0.3 is 9.88 Å². The van der Waals surface area contributed by atoms with Gasteiger partial charge in [0.2, 0.25) is 0 Å². The average Bonchev–Trinajstić information content (AvgIpc) is 1.86. The summed E-state index contributed by atoms with van der Waals surface area (Å²) in [6.07, 6.45) is 0. The van der Waals surface area contributed by atoms with Gasteiger partial charge in [-0.2, -0.15) is 0 Å². The number of halogens is 2. The largest absolute Gasteiger partial charge is 0.462 e. The summed E-state index contributed by atoms with van der Waals surface area (Å²) in [5.41, 5.74) is 0. The third kappa shape index (κ3) is 1.81. The number of carbonyl (C=O) groups is 1. The lowest BCUT2D eigenvalue weighted by Crippen LogP contribution is -2.35. The molecule has 1 unspecified atom stereocenters. The number of nitrogens with zero attached hydrogens (tertiary/aromatic N) is 1. The highest BCUT2D eigenvalue weighted by atomic mass is 79.9. The molecule has 0 aromatic carbocycles. The molecule has 0 aliphatic rings. The standard InChI is InChI=1S/C3H3BrClNO4/c1-10-2(7)3(4,5)6(8)9/h1H3. The first-order valence-electron chi connectivity index (χ1n) is 2.03. The van der Waals surface area contributed by atoms with Crippen LogP contribution in [0.5, 0.6) is 0 Å². The second-order valence-electron chi connectivity index (χ2n) is 1.29. The van der Waals surface area contributed by atoms with Crippen molar-refractivity contribution in [2.45, 2.75) is 3.91 Å². The fraction of sp³-hybridized carbons (Fsp3) is 0.667. The molecule has 0 aromatic rings. The Labute approximate surface area is 69.6 Å². The van der Waals surface area contributed by atoms with Crippen molar-refractivity contribution in [2.75, 3.05) is 7.11 Å². The van der Waals surface area contributed by atoms with Gasteiger partial charge in [0, 0.05) is 15.9 Å². The maximum Gasteiger partial charge on any atom is 0.443 e. The number of hydrogen-bond donors (Lipinski definition) is 0. The van der Waals surface area contributed by atoms with Crippen LogP contribution in [0.1, 0.15) is 0 Å². The first-order valence-corrected chi connectivity index (χ1v) is 3.20. The van der Waals surface area contributed by atoms with Gasteiger partial charge in [-0.1, -0.05) is 0 Å². The molecule has 0 amide bonds. The number of alkyl halides is 2. The Kier molecular flexibility index (Phi) is 3.04. The lowest BCUT2D eigenvalue weighted by atomic mass is 10.7. The molecule has 1 atom stereocenters. The van der Waals surface area contributed by atoms with Crippen LogP contribution in [0.2, 0.25) is 0 Å². The van der Waals surface area contributed by atoms with Gasteiger partial charge in [0.25, 0.3) is 0 Å². The first kappa shape index (κ1) is 9.64. The summed E-state index contributed by atoms with van der Waals surface area (Å²) < 4.78 is 1.67. The van der Waals surface area contributed by atoms with Crippen molar-refractivity contribution in [2.24, 2.45) is 0 Å². The summed E-state index contributed by atoms with van der Waals surface area (Å²) >= 11 is 7.43. The van der Waals surface area contributed by atoms with Crippen LogP contribution in [0.15, 0.2) is 0 Å². The highest BCUT2D eigenvalue weighted by Crippen LogP contribution is 2.25. The third-order valence-corrected chi connectivity index (χ3v) is 1.57. The molecule has 0 N–H and O–H groups in total. The molecule has 0 bridgehead atoms. The van der Waals surface area contributed by atoms with E-state index in [1.54, 1.807) is 0 Å². The highest BCUT2D eigenvalue weighted by Gasteiger charge is 2.48. The van der Waals surface area contributed by atoms with E-state index in [9.17, 15) is 14.9 Å². The molecule has 7 heteroatoms. The number of rotatable bonds is 2. The minimum atomic E-state index is -2.35. The number of carbonyl (C=O) groups excluding carboxylic acids is 1. The molecule has 10 heavy (non-hydrogen) atoms. The molecule has 58 valence electrons. The number of methoxy groups -OCH3 is 1. The predicted octanol–water partition coefficient (Wildman–Crippen LogP) is 0.724. The van der Waals surface area contributed by atoms with Crippen molar-refractivity contribution in [1.82, 2.24) is 0 Å². The molecule has 5 nitrogen and oxygen atoms in total. The van der Waals surface area contributed by atoms with Crippen molar-refractivity contribution in [3.05, 3.63) is 10.1 Å². The quantitative estimate of drug-likeness (QED) is 0.231. The van der Waals surface area contributed by atoms with Crippen LogP contribution in [0, 0.1) is 10.1 Å². The second kappa shape index (κ2) is 3.16. The van der Waals surface area contributed by atoms with Crippen molar-refractivity contribution in [3.8, 4) is 0 Å². The third-order valence-electron chi connectivity index (χ3n) is 0.660. The SMILES string of the molecule is COC(=O)C(Cl)(Br)[N+](=O)[O-]. The summed E-state index contributed by atoms with van der Waals surface area (Å²) in [6.45, 7) is 0. The van der Waals surface area contributed by atoms with Gasteiger partial charge in [-0.15, -0.1) is 0 Å². The maximum absolute atomic E-state index is 10.4. The molecule has 0 aliphatic heterocycles. The normalized spacial score (nSPS) is 15.5. The fourth-order valence-corrected chi connectivity index (χ4v) is 0.436. The van der Waals surface area contributed by atoms with Crippen LogP contribution in [-0.2, 0) is 9.53 Å². The zero-order chi connectivity index (χ0) is 8.36. The molecular weight excluding hydrogens is 229 g/mol. The van der Waals surface area contributed by atoms with E-state index in [1.165, 1.54) is 0 Å². The molecule has 0 fully saturated rings. The van der Waals surface area contributed by atoms with Crippen molar-refractivity contribution in [1.29, 1.82) is 0 Å². The lowest BCUT2D eigenvalue weighted by molar-refractivity contribution is -0.498. The molecular formula is C3H3BrClNO4. The number of nitro groups is 1. The number of ether oxygens (including phenoxy) is 1. The molecule has 0 rings (SSSR count). The molecule has 0 heterocycles. The average molecular weight is 232 g/mol. The van der Waals surface area contributed by atoms with E-state index in [0.717, 1.165) is 7.11 Å². The van der Waals surface area contributed by atoms with Gasteiger partial charge in [0.05, 0.1) is 12.0 Å². The second-order valence-corrected chi connectivity index (χ2v) is 3.44. The Balaban J connectivity index is 4.40. The van der Waals surface area contributed by atoms with E-state index in [0.29, 0.717) is 0 Å². The van der Waals surface area contributed by atoms with Crippen LogP contribution in [0.4, 0.5) is 0 Å². The number of hydrogen-bond acceptors (Lipinski definition) is 4. The van der Waals surface area contributed by atoms with Crippen LogP contribution in [0.3, 0.4) is 0 Å². The predicted molar refractivity (Wildman–Crippen MR) is 36.5 cm³/mol. The molecule has 0 aliphatic carbocycles. The van der Waals surface area contributed by atoms with Gasteiger partial charge in [0.15, 0.2) is 0 Å². The van der Waals surface area contributed by atoms with E-state index in [4.69, 9.17) is 11.6 Å². The Morgan fingerprint density at radius 1 is 1.90 bits per heavy atom. The Morgan fingerprint density at radius 3 is 2.40 bits per heavy atom. The fourth-order valence-electron chi connectivity index (χ4n) is 0.197. The highest BCUT2D eigenvalue weighted by molar-refractivity contribution is 9.10. The van der Waals surface area contributed by atoms with Crippen LogP contribution < -0.4 is 0 Å². The summed E-state index contributed by atoms with van der Waals surface area (Å²) in [6, 6.07) is 0. The monoisotopic (exact) mass is 231 g/mol. The van der Waals surface area contributed by atoms with Crippen LogP contribution in [-0.4, -0.2) is 21.9 Å². The topological polar surface area (TPSA) is 69.4 Å². The summed E-state index contributed by atoms with van der Waals surface area (Å²) in [5.74, 6) is -1.15. The first-order chi connectivity index (χ1) is 4.42. The lowest BCUT2D eigenvalue weighted by Gasteiger charge is -2.06. The van der Waals surface area contributed by atoms with E-state index in [1.807, 2.05) is 0 Å². The van der Waals surface area contributed by atoms with Crippen molar-refractivity contribution < 1.29 is 14.5 Å². The Hall–Kier alpha value is -0.360. The Morgan fingerprint density at radius 2 is 2.30 bits per heavy atom. The molecule has 0 aromatic heterocycles. The van der Waals surface area contributed by atoms with E-state index in [2.05, 4.69) is 20.7 Å². The molecule has 0 radical (unpaired) electrons. The van der Waals surface area contributed by atoms with Gasteiger partial charge < -0.3 is 4.74 Å². The zero-order valence-corrected chi connectivity index (χ0v) is 7.18. The minimum absolute atomic E-state index is 1.000. The van der Waals surface area contributed by atoms with Crippen molar-refractivity contribution in [3.63, 3.8) is 0 Å². The van der Waals surface area contributed by atoms with Crippen LogP contribution in [0.25, 0.3) is 0 Å². The smallest absolute Gasteiger partial charge is 0.443 e. The van der Waals surface area contributed by atoms with Crippen molar-refractivity contribution >= 4 is 33.5 Å². The van der Waals surface area contributed by atoms with Gasteiger partial charge in [0.1, 0.15) is 0 Å². The van der Waals surface area contributed by atoms with E-state index < -0.39 is 14.8 Å². The molecule has 0 saturated heterocycles. The van der Waals surface area contributed by atoms with Gasteiger partial charge in [-0.25, -0.2) is 4.79 Å². The van der Waals surface area contributed by atoms with Crippen LogP contribution >= 0.6 is 27.5 Å². The number of esters is 1. The Bertz CT molecular complexity index is 170. The zero-order valence-electron chi connectivity index (χ0n) is 4.84. The van der Waals surface area contributed by atoms with Gasteiger partial charge in [-0.3, -0.25) is 10.1 Å². The summed E-state index contributed by atoms with van der Waals surface area (Å²) in [4.78, 5) is 19.4. The minimum Gasteiger partial charge on any atom is -0.462 e. The summed E-state index contributed by atoms with van der Waals surface area (Å²) in [5, 5.41) is 9.95. The summed E-state index contributed by atoms with van der Waals surface area (Å²) in [7, 11) is 1.00. The van der Waals surface area contributed by atoms with Gasteiger partial charge in [-0.05, 0) is 11.6 Å².